The van der Waals surface area contributed by atoms with Crippen molar-refractivity contribution in [1.82, 2.24) is 9.78 Å². The minimum Gasteiger partial charge on any atom is -0.257 e. The highest BCUT2D eigenvalue weighted by molar-refractivity contribution is 9.10. The van der Waals surface area contributed by atoms with Gasteiger partial charge in [-0.05, 0) is 15.9 Å². The Morgan fingerprint density at radius 3 is 3.11 bits per heavy atom. The number of hydrogen-bond acceptors (Lipinski definition) is 2. The van der Waals surface area contributed by atoms with Crippen molar-refractivity contribution < 1.29 is 0 Å². The van der Waals surface area contributed by atoms with Crippen LogP contribution in [0.25, 0.3) is 0 Å². The zero-order chi connectivity index (χ0) is 6.69. The van der Waals surface area contributed by atoms with Crippen LogP contribution in [0.15, 0.2) is 16.9 Å². The molecule has 0 atom stereocenters. The van der Waals surface area contributed by atoms with Crippen molar-refractivity contribution in [3.05, 3.63) is 16.9 Å². The van der Waals surface area contributed by atoms with Crippen molar-refractivity contribution in [2.24, 2.45) is 0 Å². The molecule has 0 unspecified atom stereocenters. The van der Waals surface area contributed by atoms with Crippen LogP contribution in [0.2, 0.25) is 0 Å². The number of aromatic nitrogens is 2. The lowest BCUT2D eigenvalue weighted by Crippen LogP contribution is -1.93. The minimum atomic E-state index is 0.311. The van der Waals surface area contributed by atoms with Gasteiger partial charge in [0.25, 0.3) is 0 Å². The maximum atomic E-state index is 8.20. The lowest BCUT2D eigenvalue weighted by molar-refractivity contribution is 0.709. The van der Waals surface area contributed by atoms with E-state index in [1.807, 2.05) is 6.07 Å². The van der Waals surface area contributed by atoms with Gasteiger partial charge in [0.1, 0.15) is 6.54 Å². The van der Waals surface area contributed by atoms with Gasteiger partial charge >= 0.3 is 0 Å². The molecule has 0 aliphatic rings. The van der Waals surface area contributed by atoms with Gasteiger partial charge < -0.3 is 0 Å². The van der Waals surface area contributed by atoms with E-state index in [9.17, 15) is 0 Å². The Kier molecular flexibility index (Phi) is 1.85. The van der Waals surface area contributed by atoms with Crippen molar-refractivity contribution in [3.8, 4) is 6.07 Å². The molecule has 0 saturated heterocycles. The van der Waals surface area contributed by atoms with Crippen LogP contribution < -0.4 is 0 Å². The molecule has 1 rings (SSSR count). The Labute approximate surface area is 61.0 Å². The van der Waals surface area contributed by atoms with E-state index in [4.69, 9.17) is 5.26 Å². The fraction of sp³-hybridized carbons (Fsp3) is 0.200. The smallest absolute Gasteiger partial charge is 0.128 e. The topological polar surface area (TPSA) is 41.6 Å². The largest absolute Gasteiger partial charge is 0.257 e. The summed E-state index contributed by atoms with van der Waals surface area (Å²) in [6.45, 7) is 0.311. The second-order valence-electron chi connectivity index (χ2n) is 1.51. The molecule has 0 bridgehead atoms. The Bertz CT molecular complexity index is 235. The normalized spacial score (nSPS) is 8.89. The summed E-state index contributed by atoms with van der Waals surface area (Å²) in [5.74, 6) is 0. The maximum Gasteiger partial charge on any atom is 0.128 e. The molecule has 46 valence electrons. The van der Waals surface area contributed by atoms with Gasteiger partial charge in [0, 0.05) is 6.20 Å². The van der Waals surface area contributed by atoms with Gasteiger partial charge in [-0.2, -0.15) is 10.4 Å². The van der Waals surface area contributed by atoms with Crippen molar-refractivity contribution in [3.63, 3.8) is 0 Å². The molecule has 3 nitrogen and oxygen atoms in total. The standard InChI is InChI=1S/C5H4BrN3/c6-5-3-8-9(4-5)2-1-7/h3-4H,2H2. The third kappa shape index (κ3) is 1.54. The summed E-state index contributed by atoms with van der Waals surface area (Å²) in [5, 5.41) is 12.1. The first-order valence-corrected chi connectivity index (χ1v) is 3.17. The van der Waals surface area contributed by atoms with Gasteiger partial charge in [0.2, 0.25) is 0 Å². The van der Waals surface area contributed by atoms with Gasteiger partial charge in [-0.25, -0.2) is 0 Å². The summed E-state index contributed by atoms with van der Waals surface area (Å²) in [6, 6.07) is 1.98. The molecule has 0 fully saturated rings. The van der Waals surface area contributed by atoms with Gasteiger partial charge in [-0.3, -0.25) is 4.68 Å². The molecule has 0 aliphatic carbocycles. The second-order valence-corrected chi connectivity index (χ2v) is 2.43. The Morgan fingerprint density at radius 2 is 2.67 bits per heavy atom. The van der Waals surface area contributed by atoms with E-state index in [-0.39, 0.29) is 0 Å². The van der Waals surface area contributed by atoms with E-state index < -0.39 is 0 Å². The van der Waals surface area contributed by atoms with Crippen molar-refractivity contribution in [2.75, 3.05) is 0 Å². The minimum absolute atomic E-state index is 0.311. The van der Waals surface area contributed by atoms with Crippen LogP contribution in [0.1, 0.15) is 0 Å². The maximum absolute atomic E-state index is 8.20. The lowest BCUT2D eigenvalue weighted by atomic mass is 10.7. The van der Waals surface area contributed by atoms with E-state index in [0.717, 1.165) is 4.47 Å². The van der Waals surface area contributed by atoms with Crippen molar-refractivity contribution >= 4 is 15.9 Å². The van der Waals surface area contributed by atoms with E-state index in [1.54, 1.807) is 17.1 Å². The van der Waals surface area contributed by atoms with Gasteiger partial charge in [0.05, 0.1) is 16.7 Å². The summed E-state index contributed by atoms with van der Waals surface area (Å²) < 4.78 is 2.46. The fourth-order valence-electron chi connectivity index (χ4n) is 0.497. The van der Waals surface area contributed by atoms with Crippen molar-refractivity contribution in [1.29, 1.82) is 5.26 Å². The summed E-state index contributed by atoms with van der Waals surface area (Å²) in [7, 11) is 0. The molecular weight excluding hydrogens is 182 g/mol. The molecule has 9 heavy (non-hydrogen) atoms. The molecular formula is C5H4BrN3. The lowest BCUT2D eigenvalue weighted by Gasteiger charge is -1.85. The third-order valence-corrected chi connectivity index (χ3v) is 1.24. The molecule has 0 saturated carbocycles. The summed E-state index contributed by atoms with van der Waals surface area (Å²) in [6.07, 6.45) is 3.40. The van der Waals surface area contributed by atoms with Crippen LogP contribution in [0.5, 0.6) is 0 Å². The van der Waals surface area contributed by atoms with Crippen LogP contribution in [-0.2, 0) is 6.54 Å². The molecule has 1 aromatic rings. The molecule has 4 heteroatoms. The van der Waals surface area contributed by atoms with E-state index >= 15 is 0 Å². The first-order valence-electron chi connectivity index (χ1n) is 2.38. The fourth-order valence-corrected chi connectivity index (χ4v) is 0.825. The van der Waals surface area contributed by atoms with Crippen LogP contribution >= 0.6 is 15.9 Å². The quantitative estimate of drug-likeness (QED) is 0.660. The monoisotopic (exact) mass is 185 g/mol. The zero-order valence-electron chi connectivity index (χ0n) is 4.58. The zero-order valence-corrected chi connectivity index (χ0v) is 6.17. The van der Waals surface area contributed by atoms with Crippen LogP contribution in [0.3, 0.4) is 0 Å². The van der Waals surface area contributed by atoms with Crippen molar-refractivity contribution in [2.45, 2.75) is 6.54 Å². The Balaban J connectivity index is 2.76. The summed E-state index contributed by atoms with van der Waals surface area (Å²) in [4.78, 5) is 0. The van der Waals surface area contributed by atoms with Gasteiger partial charge in [-0.1, -0.05) is 0 Å². The first-order chi connectivity index (χ1) is 4.33. The molecule has 0 aromatic carbocycles. The SMILES string of the molecule is N#CCn1cc(Br)cn1. The average Bonchev–Trinajstić information content (AvgIpc) is 2.17. The number of halogens is 1. The average molecular weight is 186 g/mol. The molecule has 0 amide bonds. The predicted molar refractivity (Wildman–Crippen MR) is 35.5 cm³/mol. The van der Waals surface area contributed by atoms with E-state index in [1.165, 1.54) is 0 Å². The molecule has 0 N–H and O–H groups in total. The third-order valence-electron chi connectivity index (χ3n) is 0.834. The van der Waals surface area contributed by atoms with Crippen LogP contribution in [0.4, 0.5) is 0 Å². The highest BCUT2D eigenvalue weighted by Gasteiger charge is 1.90. The van der Waals surface area contributed by atoms with E-state index in [0.29, 0.717) is 6.54 Å². The molecule has 0 aliphatic heterocycles. The molecule has 0 spiro atoms. The van der Waals surface area contributed by atoms with Crippen LogP contribution in [-0.4, -0.2) is 9.78 Å². The van der Waals surface area contributed by atoms with E-state index in [2.05, 4.69) is 21.0 Å². The highest BCUT2D eigenvalue weighted by atomic mass is 79.9. The van der Waals surface area contributed by atoms with Crippen LogP contribution in [0, 0.1) is 11.3 Å². The summed E-state index contributed by atoms with van der Waals surface area (Å²) >= 11 is 3.21. The second kappa shape index (κ2) is 2.65. The summed E-state index contributed by atoms with van der Waals surface area (Å²) in [5.41, 5.74) is 0. The first kappa shape index (κ1) is 6.30. The number of hydrogen-bond donors (Lipinski definition) is 0. The number of nitrogens with zero attached hydrogens (tertiary/aromatic N) is 3. The van der Waals surface area contributed by atoms with Gasteiger partial charge in [0.15, 0.2) is 0 Å². The number of nitriles is 1. The number of rotatable bonds is 1. The Hall–Kier alpha value is -0.820. The molecule has 0 radical (unpaired) electrons. The Morgan fingerprint density at radius 1 is 1.89 bits per heavy atom. The predicted octanol–water partition coefficient (Wildman–Crippen LogP) is 1.17. The van der Waals surface area contributed by atoms with Gasteiger partial charge in [-0.15, -0.1) is 0 Å². The highest BCUT2D eigenvalue weighted by Crippen LogP contribution is 2.05. The molecule has 1 aromatic heterocycles. The molecule has 1 heterocycles.